The van der Waals surface area contributed by atoms with Crippen LogP contribution in [0.15, 0.2) is 97.1 Å². The summed E-state index contributed by atoms with van der Waals surface area (Å²) in [6, 6.07) is 32.1. The number of benzene rings is 4. The van der Waals surface area contributed by atoms with Gasteiger partial charge in [0.15, 0.2) is 0 Å². The van der Waals surface area contributed by atoms with E-state index in [1.807, 2.05) is 84.9 Å². The van der Waals surface area contributed by atoms with Gasteiger partial charge in [-0.3, -0.25) is 0 Å². The van der Waals surface area contributed by atoms with Crippen molar-refractivity contribution in [3.8, 4) is 33.8 Å². The molecule has 1 N–H and O–H groups in total. The van der Waals surface area contributed by atoms with Crippen LogP contribution in [-0.2, 0) is 6.61 Å². The van der Waals surface area contributed by atoms with E-state index in [4.69, 9.17) is 9.47 Å². The molecule has 4 aromatic carbocycles. The van der Waals surface area contributed by atoms with Crippen LogP contribution in [0, 0.1) is 0 Å². The molecule has 0 bridgehead atoms. The number of methoxy groups -OCH3 is 1. The van der Waals surface area contributed by atoms with Crippen LogP contribution in [0.2, 0.25) is 0 Å². The molecule has 0 amide bonds. The average molecular weight is 411 g/mol. The average Bonchev–Trinajstić information content (AvgIpc) is 2.83. The predicted octanol–water partition coefficient (Wildman–Crippen LogP) is 6.66. The molecule has 156 valence electrons. The first-order valence-electron chi connectivity index (χ1n) is 10.4. The fraction of sp³-hybridized carbons (Fsp3) is 0.143. The SMILES string of the molecule is COc1ccccc1-c1cccc(-c2ccccc2C(C)O)c1OCc1ccccc1. The van der Waals surface area contributed by atoms with E-state index in [0.29, 0.717) is 6.61 Å². The highest BCUT2D eigenvalue weighted by Gasteiger charge is 2.19. The van der Waals surface area contributed by atoms with E-state index >= 15 is 0 Å². The van der Waals surface area contributed by atoms with Gasteiger partial charge in [0.2, 0.25) is 0 Å². The van der Waals surface area contributed by atoms with Gasteiger partial charge in [-0.2, -0.15) is 0 Å². The summed E-state index contributed by atoms with van der Waals surface area (Å²) in [6.45, 7) is 2.23. The highest BCUT2D eigenvalue weighted by molar-refractivity contribution is 5.85. The van der Waals surface area contributed by atoms with Crippen molar-refractivity contribution in [2.45, 2.75) is 19.6 Å². The standard InChI is InChI=1S/C28H26O3/c1-20(29)22-13-6-7-14-23(22)25-16-10-17-26(24-15-8-9-18-27(24)30-2)28(25)31-19-21-11-4-3-5-12-21/h3-18,20,29H,19H2,1-2H3. The van der Waals surface area contributed by atoms with Crippen molar-refractivity contribution in [3.63, 3.8) is 0 Å². The van der Waals surface area contributed by atoms with Crippen LogP contribution in [0.25, 0.3) is 22.3 Å². The molecule has 0 aliphatic carbocycles. The van der Waals surface area contributed by atoms with Crippen LogP contribution in [0.5, 0.6) is 11.5 Å². The van der Waals surface area contributed by atoms with Crippen LogP contribution in [-0.4, -0.2) is 12.2 Å². The second-order valence-electron chi connectivity index (χ2n) is 7.42. The van der Waals surface area contributed by atoms with Gasteiger partial charge in [-0.05, 0) is 29.7 Å². The summed E-state index contributed by atoms with van der Waals surface area (Å²) < 4.78 is 12.1. The van der Waals surface area contributed by atoms with Crippen molar-refractivity contribution in [2.75, 3.05) is 7.11 Å². The first-order chi connectivity index (χ1) is 15.2. The number of para-hydroxylation sites is 2. The Labute approximate surface area is 183 Å². The van der Waals surface area contributed by atoms with Crippen molar-refractivity contribution < 1.29 is 14.6 Å². The van der Waals surface area contributed by atoms with Gasteiger partial charge in [0.25, 0.3) is 0 Å². The van der Waals surface area contributed by atoms with E-state index in [-0.39, 0.29) is 0 Å². The molecule has 4 aromatic rings. The molecule has 3 heteroatoms. The zero-order chi connectivity index (χ0) is 21.6. The van der Waals surface area contributed by atoms with Crippen LogP contribution in [0.4, 0.5) is 0 Å². The first-order valence-corrected chi connectivity index (χ1v) is 10.4. The van der Waals surface area contributed by atoms with Crippen molar-refractivity contribution in [2.24, 2.45) is 0 Å². The largest absolute Gasteiger partial charge is 0.496 e. The maximum atomic E-state index is 10.4. The lowest BCUT2D eigenvalue weighted by Crippen LogP contribution is -2.01. The van der Waals surface area contributed by atoms with E-state index in [1.165, 1.54) is 0 Å². The third kappa shape index (κ3) is 4.47. The number of aliphatic hydroxyl groups excluding tert-OH is 1. The zero-order valence-corrected chi connectivity index (χ0v) is 17.8. The number of hydrogen-bond acceptors (Lipinski definition) is 3. The highest BCUT2D eigenvalue weighted by atomic mass is 16.5. The highest BCUT2D eigenvalue weighted by Crippen LogP contribution is 2.44. The molecule has 4 rings (SSSR count). The van der Waals surface area contributed by atoms with Crippen LogP contribution < -0.4 is 9.47 Å². The smallest absolute Gasteiger partial charge is 0.135 e. The number of rotatable bonds is 7. The lowest BCUT2D eigenvalue weighted by atomic mass is 9.92. The number of aliphatic hydroxyl groups is 1. The summed E-state index contributed by atoms with van der Waals surface area (Å²) in [4.78, 5) is 0. The second-order valence-corrected chi connectivity index (χ2v) is 7.42. The topological polar surface area (TPSA) is 38.7 Å². The van der Waals surface area contributed by atoms with Crippen molar-refractivity contribution in [3.05, 3.63) is 108 Å². The second kappa shape index (κ2) is 9.50. The summed E-state index contributed by atoms with van der Waals surface area (Å²) in [7, 11) is 1.68. The Morgan fingerprint density at radius 1 is 0.677 bits per heavy atom. The third-order valence-corrected chi connectivity index (χ3v) is 5.34. The quantitative estimate of drug-likeness (QED) is 0.370. The van der Waals surface area contributed by atoms with Gasteiger partial charge >= 0.3 is 0 Å². The molecule has 0 fully saturated rings. The van der Waals surface area contributed by atoms with Gasteiger partial charge in [-0.25, -0.2) is 0 Å². The normalized spacial score (nSPS) is 11.7. The fourth-order valence-electron chi connectivity index (χ4n) is 3.82. The Balaban J connectivity index is 1.89. The van der Waals surface area contributed by atoms with Gasteiger partial charge in [0.1, 0.15) is 18.1 Å². The fourth-order valence-corrected chi connectivity index (χ4v) is 3.82. The van der Waals surface area contributed by atoms with Crippen LogP contribution in [0.3, 0.4) is 0 Å². The van der Waals surface area contributed by atoms with Crippen molar-refractivity contribution in [1.82, 2.24) is 0 Å². The van der Waals surface area contributed by atoms with Crippen LogP contribution in [0.1, 0.15) is 24.2 Å². The molecule has 3 nitrogen and oxygen atoms in total. The minimum absolute atomic E-state index is 0.441. The van der Waals surface area contributed by atoms with E-state index in [2.05, 4.69) is 12.1 Å². The maximum absolute atomic E-state index is 10.4. The van der Waals surface area contributed by atoms with Crippen LogP contribution >= 0.6 is 0 Å². The predicted molar refractivity (Wildman–Crippen MR) is 125 cm³/mol. The Morgan fingerprint density at radius 2 is 1.26 bits per heavy atom. The first kappa shape index (κ1) is 20.7. The van der Waals surface area contributed by atoms with Gasteiger partial charge in [0.05, 0.1) is 13.2 Å². The van der Waals surface area contributed by atoms with Crippen molar-refractivity contribution in [1.29, 1.82) is 0 Å². The molecular formula is C28H26O3. The summed E-state index contributed by atoms with van der Waals surface area (Å²) in [5.41, 5.74) is 5.76. The monoisotopic (exact) mass is 410 g/mol. The molecule has 0 heterocycles. The Morgan fingerprint density at radius 3 is 1.97 bits per heavy atom. The maximum Gasteiger partial charge on any atom is 0.135 e. The molecule has 0 spiro atoms. The van der Waals surface area contributed by atoms with E-state index in [9.17, 15) is 5.11 Å². The molecule has 0 saturated heterocycles. The number of hydrogen-bond donors (Lipinski definition) is 1. The van der Waals surface area contributed by atoms with Gasteiger partial charge in [0, 0.05) is 16.7 Å². The summed E-state index contributed by atoms with van der Waals surface area (Å²) in [5.74, 6) is 1.55. The molecule has 1 atom stereocenters. The van der Waals surface area contributed by atoms with E-state index in [1.54, 1.807) is 14.0 Å². The molecule has 0 aliphatic rings. The summed E-state index contributed by atoms with van der Waals surface area (Å²) in [5, 5.41) is 10.4. The molecule has 0 aromatic heterocycles. The molecule has 0 radical (unpaired) electrons. The Kier molecular flexibility index (Phi) is 6.34. The molecular weight excluding hydrogens is 384 g/mol. The van der Waals surface area contributed by atoms with Gasteiger partial charge in [-0.15, -0.1) is 0 Å². The minimum atomic E-state index is -0.590. The molecule has 31 heavy (non-hydrogen) atoms. The van der Waals surface area contributed by atoms with E-state index in [0.717, 1.165) is 44.9 Å². The van der Waals surface area contributed by atoms with E-state index < -0.39 is 6.10 Å². The molecule has 0 aliphatic heterocycles. The lowest BCUT2D eigenvalue weighted by Gasteiger charge is -2.20. The molecule has 0 saturated carbocycles. The van der Waals surface area contributed by atoms with Crippen molar-refractivity contribution >= 4 is 0 Å². The minimum Gasteiger partial charge on any atom is -0.496 e. The van der Waals surface area contributed by atoms with Gasteiger partial charge in [-0.1, -0.05) is 91.0 Å². The zero-order valence-electron chi connectivity index (χ0n) is 17.8. The van der Waals surface area contributed by atoms with Gasteiger partial charge < -0.3 is 14.6 Å². The summed E-state index contributed by atoms with van der Waals surface area (Å²) in [6.07, 6.45) is -0.590. The number of ether oxygens (including phenoxy) is 2. The third-order valence-electron chi connectivity index (χ3n) is 5.34. The Bertz CT molecular complexity index is 1150. The summed E-state index contributed by atoms with van der Waals surface area (Å²) >= 11 is 0. The lowest BCUT2D eigenvalue weighted by molar-refractivity contribution is 0.200. The molecule has 1 unspecified atom stereocenters. The Hall–Kier alpha value is -3.56.